The fraction of sp³-hybridized carbons (Fsp3) is 0.375. The number of anilines is 1. The van der Waals surface area contributed by atoms with Crippen molar-refractivity contribution >= 4 is 32.6 Å². The zero-order valence-corrected chi connectivity index (χ0v) is 15.7. The minimum Gasteiger partial charge on any atom is -0.450 e. The summed E-state index contributed by atoms with van der Waals surface area (Å²) in [6, 6.07) is 5.58. The molecule has 0 unspecified atom stereocenters. The summed E-state index contributed by atoms with van der Waals surface area (Å²) < 4.78 is 44.7. The van der Waals surface area contributed by atoms with Crippen LogP contribution in [0.3, 0.4) is 0 Å². The van der Waals surface area contributed by atoms with Crippen molar-refractivity contribution in [2.24, 2.45) is 0 Å². The van der Waals surface area contributed by atoms with E-state index in [0.29, 0.717) is 23.7 Å². The van der Waals surface area contributed by atoms with Crippen LogP contribution in [0.5, 0.6) is 0 Å². The van der Waals surface area contributed by atoms with Crippen LogP contribution in [0.4, 0.5) is 14.3 Å². The van der Waals surface area contributed by atoms with E-state index in [1.807, 2.05) is 0 Å². The Morgan fingerprint density at radius 2 is 2.27 bits per heavy atom. The number of nitrogens with one attached hydrogen (secondary N) is 1. The molecule has 1 aliphatic heterocycles. The summed E-state index contributed by atoms with van der Waals surface area (Å²) in [5, 5.41) is 2.92. The second kappa shape index (κ2) is 7.68. The Kier molecular flexibility index (Phi) is 5.54. The summed E-state index contributed by atoms with van der Waals surface area (Å²) in [4.78, 5) is 16.6. The first-order chi connectivity index (χ1) is 12.4. The first-order valence-corrected chi connectivity index (χ1v) is 10.4. The molecule has 0 radical (unpaired) electrons. The number of hydrogen-bond acceptors (Lipinski definition) is 6. The smallest absolute Gasteiger partial charge is 0.413 e. The number of carbonyl (C=O) groups is 1. The van der Waals surface area contributed by atoms with Gasteiger partial charge in [-0.05, 0) is 24.6 Å². The first-order valence-electron chi connectivity index (χ1n) is 8.02. The van der Waals surface area contributed by atoms with Gasteiger partial charge in [-0.25, -0.2) is 22.6 Å². The minimum atomic E-state index is -3.58. The molecule has 1 amide bonds. The Balaban J connectivity index is 1.71. The number of hydrogen-bond donors (Lipinski definition) is 1. The molecular weight excluding hydrogens is 381 g/mol. The minimum absolute atomic E-state index is 0.190. The van der Waals surface area contributed by atoms with Gasteiger partial charge in [-0.1, -0.05) is 23.5 Å². The molecule has 0 aliphatic carbocycles. The van der Waals surface area contributed by atoms with Crippen molar-refractivity contribution in [3.05, 3.63) is 46.2 Å². The number of aromatic nitrogens is 1. The highest BCUT2D eigenvalue weighted by Crippen LogP contribution is 2.30. The summed E-state index contributed by atoms with van der Waals surface area (Å²) in [6.07, 6.45) is -0.132. The van der Waals surface area contributed by atoms with Gasteiger partial charge in [0.1, 0.15) is 5.82 Å². The van der Waals surface area contributed by atoms with Crippen LogP contribution in [-0.2, 0) is 33.5 Å². The molecule has 0 fully saturated rings. The fourth-order valence-corrected chi connectivity index (χ4v) is 5.22. The zero-order valence-electron chi connectivity index (χ0n) is 14.1. The Morgan fingerprint density at radius 3 is 3.00 bits per heavy atom. The van der Waals surface area contributed by atoms with Gasteiger partial charge >= 0.3 is 6.09 Å². The van der Waals surface area contributed by atoms with Gasteiger partial charge in [-0.3, -0.25) is 5.32 Å². The van der Waals surface area contributed by atoms with Crippen LogP contribution >= 0.6 is 11.3 Å². The van der Waals surface area contributed by atoms with Gasteiger partial charge in [0.15, 0.2) is 5.13 Å². The highest BCUT2D eigenvalue weighted by molar-refractivity contribution is 7.88. The molecule has 0 spiro atoms. The summed E-state index contributed by atoms with van der Waals surface area (Å²) >= 11 is 1.23. The first kappa shape index (κ1) is 18.7. The van der Waals surface area contributed by atoms with E-state index >= 15 is 0 Å². The molecule has 0 atom stereocenters. The average Bonchev–Trinajstić information content (AvgIpc) is 2.95. The van der Waals surface area contributed by atoms with Crippen LogP contribution in [-0.4, -0.2) is 37.0 Å². The Labute approximate surface area is 154 Å². The van der Waals surface area contributed by atoms with E-state index in [1.165, 1.54) is 33.8 Å². The average molecular weight is 399 g/mol. The molecule has 2 aromatic rings. The molecule has 0 saturated heterocycles. The predicted octanol–water partition coefficient (Wildman–Crippen LogP) is 2.74. The third kappa shape index (κ3) is 4.37. The topological polar surface area (TPSA) is 88.6 Å². The summed E-state index contributed by atoms with van der Waals surface area (Å²) in [7, 11) is -3.58. The van der Waals surface area contributed by atoms with Crippen molar-refractivity contribution in [1.29, 1.82) is 0 Å². The monoisotopic (exact) mass is 399 g/mol. The van der Waals surface area contributed by atoms with Crippen LogP contribution in [0.25, 0.3) is 0 Å². The number of thiazole rings is 1. The maximum absolute atomic E-state index is 13.3. The largest absolute Gasteiger partial charge is 0.450 e. The van der Waals surface area contributed by atoms with E-state index in [9.17, 15) is 17.6 Å². The highest BCUT2D eigenvalue weighted by Gasteiger charge is 2.29. The lowest BCUT2D eigenvalue weighted by molar-refractivity contribution is 0.168. The van der Waals surface area contributed by atoms with Gasteiger partial charge < -0.3 is 4.74 Å². The van der Waals surface area contributed by atoms with Crippen LogP contribution in [0.2, 0.25) is 0 Å². The molecule has 140 valence electrons. The predicted molar refractivity (Wildman–Crippen MR) is 95.9 cm³/mol. The number of rotatable bonds is 5. The maximum atomic E-state index is 13.3. The van der Waals surface area contributed by atoms with Crippen molar-refractivity contribution in [3.8, 4) is 0 Å². The molecule has 1 aromatic heterocycles. The second-order valence-corrected chi connectivity index (χ2v) is 8.76. The molecule has 0 bridgehead atoms. The van der Waals surface area contributed by atoms with Gasteiger partial charge in [0.25, 0.3) is 0 Å². The van der Waals surface area contributed by atoms with Gasteiger partial charge in [-0.15, -0.1) is 0 Å². The fourth-order valence-electron chi connectivity index (χ4n) is 2.65. The zero-order chi connectivity index (χ0) is 18.7. The van der Waals surface area contributed by atoms with Crippen molar-refractivity contribution in [2.75, 3.05) is 18.5 Å². The molecule has 7 nitrogen and oxygen atoms in total. The SMILES string of the molecule is CCOC(=O)Nc1nc2c(s1)CN(S(=O)(=O)Cc1cccc(F)c1)CC2. The van der Waals surface area contributed by atoms with Crippen LogP contribution in [0.15, 0.2) is 24.3 Å². The van der Waals surface area contributed by atoms with E-state index in [-0.39, 0.29) is 18.9 Å². The number of carbonyl (C=O) groups excluding carboxylic acids is 1. The molecule has 10 heteroatoms. The van der Waals surface area contributed by atoms with E-state index in [0.717, 1.165) is 10.6 Å². The van der Waals surface area contributed by atoms with Crippen molar-refractivity contribution in [3.63, 3.8) is 0 Å². The van der Waals surface area contributed by atoms with Gasteiger partial charge in [-0.2, -0.15) is 4.31 Å². The van der Waals surface area contributed by atoms with Gasteiger partial charge in [0.2, 0.25) is 10.0 Å². The quantitative estimate of drug-likeness (QED) is 0.835. The molecule has 0 saturated carbocycles. The van der Waals surface area contributed by atoms with Gasteiger partial charge in [0, 0.05) is 24.4 Å². The second-order valence-electron chi connectivity index (χ2n) is 5.70. The number of halogens is 1. The molecular formula is C16H18FN3O4S2. The summed E-state index contributed by atoms with van der Waals surface area (Å²) in [5.41, 5.74) is 1.18. The standard InChI is InChI=1S/C16H18FN3O4S2/c1-2-24-16(21)19-15-18-13-6-7-20(9-14(13)25-15)26(22,23)10-11-4-3-5-12(17)8-11/h3-5,8H,2,6-7,9-10H2,1H3,(H,18,19,21). The molecule has 3 rings (SSSR count). The number of sulfonamides is 1. The van der Waals surface area contributed by atoms with Crippen molar-refractivity contribution in [2.45, 2.75) is 25.6 Å². The van der Waals surface area contributed by atoms with Crippen LogP contribution in [0, 0.1) is 5.82 Å². The Morgan fingerprint density at radius 1 is 1.46 bits per heavy atom. The van der Waals surface area contributed by atoms with Crippen molar-refractivity contribution in [1.82, 2.24) is 9.29 Å². The lowest BCUT2D eigenvalue weighted by Crippen LogP contribution is -2.36. The van der Waals surface area contributed by atoms with Crippen LogP contribution in [0.1, 0.15) is 23.1 Å². The van der Waals surface area contributed by atoms with E-state index in [1.54, 1.807) is 13.0 Å². The third-order valence-corrected chi connectivity index (χ3v) is 6.61. The lowest BCUT2D eigenvalue weighted by atomic mass is 10.2. The van der Waals surface area contributed by atoms with Crippen LogP contribution < -0.4 is 5.32 Å². The number of benzene rings is 1. The normalized spacial score (nSPS) is 14.7. The Bertz CT molecular complexity index is 914. The van der Waals surface area contributed by atoms with Gasteiger partial charge in [0.05, 0.1) is 18.1 Å². The van der Waals surface area contributed by atoms with E-state index in [4.69, 9.17) is 4.74 Å². The lowest BCUT2D eigenvalue weighted by Gasteiger charge is -2.25. The molecule has 1 aliphatic rings. The number of nitrogens with zero attached hydrogens (tertiary/aromatic N) is 2. The van der Waals surface area contributed by atoms with Crippen molar-refractivity contribution < 1.29 is 22.3 Å². The highest BCUT2D eigenvalue weighted by atomic mass is 32.2. The number of fused-ring (bicyclic) bond motifs is 1. The van der Waals surface area contributed by atoms with E-state index < -0.39 is 21.9 Å². The number of amides is 1. The third-order valence-electron chi connectivity index (χ3n) is 3.81. The summed E-state index contributed by atoms with van der Waals surface area (Å²) in [6.45, 7) is 2.44. The molecule has 2 heterocycles. The maximum Gasteiger partial charge on any atom is 0.413 e. The Hall–Kier alpha value is -2.04. The molecule has 1 N–H and O–H groups in total. The number of ether oxygens (including phenoxy) is 1. The molecule has 26 heavy (non-hydrogen) atoms. The molecule has 1 aromatic carbocycles. The van der Waals surface area contributed by atoms with E-state index in [2.05, 4.69) is 10.3 Å². The summed E-state index contributed by atoms with van der Waals surface area (Å²) in [5.74, 6) is -0.719.